The third kappa shape index (κ3) is 4.35. The Labute approximate surface area is 133 Å². The summed E-state index contributed by atoms with van der Waals surface area (Å²) in [4.78, 5) is 14.2. The molecule has 21 heavy (non-hydrogen) atoms. The zero-order chi connectivity index (χ0) is 14.7. The average molecular weight is 313 g/mol. The van der Waals surface area contributed by atoms with E-state index >= 15 is 0 Å². The lowest BCUT2D eigenvalue weighted by molar-refractivity contribution is -0.137. The third-order valence-corrected chi connectivity index (χ3v) is 4.05. The Balaban J connectivity index is 0.00000220. The van der Waals surface area contributed by atoms with Gasteiger partial charge in [0.1, 0.15) is 5.75 Å². The van der Waals surface area contributed by atoms with Gasteiger partial charge >= 0.3 is 0 Å². The predicted molar refractivity (Wildman–Crippen MR) is 87.3 cm³/mol. The highest BCUT2D eigenvalue weighted by Crippen LogP contribution is 2.19. The molecule has 0 aliphatic carbocycles. The van der Waals surface area contributed by atoms with Crippen molar-refractivity contribution in [2.24, 2.45) is 0 Å². The number of nitrogens with one attached hydrogen (secondary N) is 1. The van der Waals surface area contributed by atoms with E-state index in [4.69, 9.17) is 4.74 Å². The molecule has 0 spiro atoms. The zero-order valence-electron chi connectivity index (χ0n) is 13.2. The molecule has 4 nitrogen and oxygen atoms in total. The van der Waals surface area contributed by atoms with Crippen molar-refractivity contribution < 1.29 is 9.53 Å². The van der Waals surface area contributed by atoms with E-state index in [1.165, 1.54) is 0 Å². The van der Waals surface area contributed by atoms with E-state index in [1.807, 2.05) is 36.9 Å². The van der Waals surface area contributed by atoms with Gasteiger partial charge in [0.05, 0.1) is 0 Å². The molecule has 2 unspecified atom stereocenters. The molecule has 2 atom stereocenters. The highest BCUT2D eigenvalue weighted by atomic mass is 35.5. The Morgan fingerprint density at radius 1 is 1.38 bits per heavy atom. The summed E-state index contributed by atoms with van der Waals surface area (Å²) < 4.78 is 5.70. The van der Waals surface area contributed by atoms with E-state index in [1.54, 1.807) is 0 Å². The molecule has 118 valence electrons. The molecule has 1 fully saturated rings. The molecular formula is C16H25ClN2O2. The molecule has 0 radical (unpaired) electrons. The van der Waals surface area contributed by atoms with E-state index in [9.17, 15) is 4.79 Å². The van der Waals surface area contributed by atoms with Crippen LogP contribution in [0.5, 0.6) is 5.75 Å². The molecule has 1 N–H and O–H groups in total. The SMILES string of the molecule is Cc1ccc(C)c(OCC(=O)N2CCNC(C)C2C)c1.Cl. The van der Waals surface area contributed by atoms with Crippen molar-refractivity contribution in [2.45, 2.75) is 39.8 Å². The van der Waals surface area contributed by atoms with Crippen LogP contribution in [0.4, 0.5) is 0 Å². The van der Waals surface area contributed by atoms with Gasteiger partial charge in [-0.05, 0) is 44.9 Å². The average Bonchev–Trinajstić information content (AvgIpc) is 2.42. The van der Waals surface area contributed by atoms with Crippen LogP contribution in [0.15, 0.2) is 18.2 Å². The molecule has 1 saturated heterocycles. The van der Waals surface area contributed by atoms with Crippen molar-refractivity contribution in [3.63, 3.8) is 0 Å². The number of carbonyl (C=O) groups excluding carboxylic acids is 1. The van der Waals surface area contributed by atoms with Gasteiger partial charge in [0.2, 0.25) is 0 Å². The van der Waals surface area contributed by atoms with Crippen LogP contribution in [-0.4, -0.2) is 42.6 Å². The van der Waals surface area contributed by atoms with Gasteiger partial charge in [-0.15, -0.1) is 12.4 Å². The van der Waals surface area contributed by atoms with Crippen molar-refractivity contribution in [2.75, 3.05) is 19.7 Å². The second-order valence-corrected chi connectivity index (χ2v) is 5.63. The monoisotopic (exact) mass is 312 g/mol. The number of carbonyl (C=O) groups is 1. The lowest BCUT2D eigenvalue weighted by Gasteiger charge is -2.38. The van der Waals surface area contributed by atoms with Crippen LogP contribution >= 0.6 is 12.4 Å². The molecule has 1 aliphatic heterocycles. The van der Waals surface area contributed by atoms with Gasteiger partial charge in [-0.1, -0.05) is 12.1 Å². The number of hydrogen-bond donors (Lipinski definition) is 1. The maximum Gasteiger partial charge on any atom is 0.260 e. The highest BCUT2D eigenvalue weighted by molar-refractivity contribution is 5.85. The fourth-order valence-electron chi connectivity index (χ4n) is 2.49. The fraction of sp³-hybridized carbons (Fsp3) is 0.562. The standard InChI is InChI=1S/C16H24N2O2.ClH/c1-11-5-6-12(2)15(9-11)20-10-16(19)18-8-7-17-13(3)14(18)4;/h5-6,9,13-14,17H,7-8,10H2,1-4H3;1H. The first-order valence-corrected chi connectivity index (χ1v) is 7.22. The maximum absolute atomic E-state index is 12.3. The van der Waals surface area contributed by atoms with Gasteiger partial charge < -0.3 is 15.0 Å². The summed E-state index contributed by atoms with van der Waals surface area (Å²) in [5.41, 5.74) is 2.20. The molecule has 1 aliphatic rings. The second kappa shape index (κ2) is 7.66. The molecular weight excluding hydrogens is 288 g/mol. The van der Waals surface area contributed by atoms with E-state index in [0.717, 1.165) is 30.0 Å². The number of nitrogens with zero attached hydrogens (tertiary/aromatic N) is 1. The van der Waals surface area contributed by atoms with Gasteiger partial charge in [-0.2, -0.15) is 0 Å². The number of rotatable bonds is 3. The van der Waals surface area contributed by atoms with Crippen LogP contribution in [0.1, 0.15) is 25.0 Å². The van der Waals surface area contributed by atoms with Crippen molar-refractivity contribution in [1.29, 1.82) is 0 Å². The van der Waals surface area contributed by atoms with Crippen LogP contribution < -0.4 is 10.1 Å². The molecule has 1 amide bonds. The summed E-state index contributed by atoms with van der Waals surface area (Å²) in [5.74, 6) is 0.862. The minimum absolute atomic E-state index is 0. The molecule has 1 heterocycles. The summed E-state index contributed by atoms with van der Waals surface area (Å²) in [7, 11) is 0. The summed E-state index contributed by atoms with van der Waals surface area (Å²) in [6.07, 6.45) is 0. The number of halogens is 1. The third-order valence-electron chi connectivity index (χ3n) is 4.05. The Morgan fingerprint density at radius 2 is 2.10 bits per heavy atom. The quantitative estimate of drug-likeness (QED) is 0.931. The summed E-state index contributed by atoms with van der Waals surface area (Å²) in [5, 5.41) is 3.37. The van der Waals surface area contributed by atoms with Crippen molar-refractivity contribution in [3.8, 4) is 5.75 Å². The smallest absolute Gasteiger partial charge is 0.260 e. The number of aryl methyl sites for hydroxylation is 2. The van der Waals surface area contributed by atoms with Gasteiger partial charge in [0.25, 0.3) is 5.91 Å². The van der Waals surface area contributed by atoms with Crippen LogP contribution in [0.3, 0.4) is 0 Å². The minimum atomic E-state index is 0. The van der Waals surface area contributed by atoms with Crippen molar-refractivity contribution >= 4 is 18.3 Å². The van der Waals surface area contributed by atoms with Crippen LogP contribution in [0, 0.1) is 13.8 Å². The lowest BCUT2D eigenvalue weighted by atomic mass is 10.1. The number of piperazine rings is 1. The second-order valence-electron chi connectivity index (χ2n) is 5.63. The highest BCUT2D eigenvalue weighted by Gasteiger charge is 2.28. The fourth-order valence-corrected chi connectivity index (χ4v) is 2.49. The lowest BCUT2D eigenvalue weighted by Crippen LogP contribution is -2.58. The zero-order valence-corrected chi connectivity index (χ0v) is 14.0. The molecule has 1 aromatic carbocycles. The van der Waals surface area contributed by atoms with Crippen LogP contribution in [0.25, 0.3) is 0 Å². The molecule has 2 rings (SSSR count). The van der Waals surface area contributed by atoms with E-state index < -0.39 is 0 Å². The molecule has 1 aromatic rings. The van der Waals surface area contributed by atoms with E-state index in [2.05, 4.69) is 19.2 Å². The number of benzene rings is 1. The topological polar surface area (TPSA) is 41.6 Å². The Kier molecular flexibility index (Phi) is 6.49. The van der Waals surface area contributed by atoms with Gasteiger partial charge in [-0.3, -0.25) is 4.79 Å². The first kappa shape index (κ1) is 17.8. The Bertz CT molecular complexity index is 493. The maximum atomic E-state index is 12.3. The molecule has 0 saturated carbocycles. The Hall–Kier alpha value is -1.26. The van der Waals surface area contributed by atoms with E-state index in [-0.39, 0.29) is 31.0 Å². The van der Waals surface area contributed by atoms with Gasteiger partial charge in [0.15, 0.2) is 6.61 Å². The normalized spacial score (nSPS) is 21.6. The Morgan fingerprint density at radius 3 is 2.81 bits per heavy atom. The van der Waals surface area contributed by atoms with Crippen LogP contribution in [0.2, 0.25) is 0 Å². The van der Waals surface area contributed by atoms with E-state index in [0.29, 0.717) is 6.04 Å². The van der Waals surface area contributed by atoms with Gasteiger partial charge in [-0.25, -0.2) is 0 Å². The first-order valence-electron chi connectivity index (χ1n) is 7.22. The van der Waals surface area contributed by atoms with Crippen LogP contribution in [-0.2, 0) is 4.79 Å². The molecule has 0 bridgehead atoms. The summed E-state index contributed by atoms with van der Waals surface area (Å²) in [6, 6.07) is 6.58. The van der Waals surface area contributed by atoms with Gasteiger partial charge in [0, 0.05) is 25.2 Å². The summed E-state index contributed by atoms with van der Waals surface area (Å²) >= 11 is 0. The number of amides is 1. The minimum Gasteiger partial charge on any atom is -0.483 e. The van der Waals surface area contributed by atoms with Crippen molar-refractivity contribution in [1.82, 2.24) is 10.2 Å². The molecule has 5 heteroatoms. The predicted octanol–water partition coefficient (Wildman–Crippen LogP) is 2.31. The number of ether oxygens (including phenoxy) is 1. The van der Waals surface area contributed by atoms with Crippen molar-refractivity contribution in [3.05, 3.63) is 29.3 Å². The largest absolute Gasteiger partial charge is 0.483 e. The summed E-state index contributed by atoms with van der Waals surface area (Å²) in [6.45, 7) is 9.91. The first-order chi connectivity index (χ1) is 9.49. The molecule has 0 aromatic heterocycles. The number of hydrogen-bond acceptors (Lipinski definition) is 3.